The van der Waals surface area contributed by atoms with E-state index in [-0.39, 0.29) is 57.9 Å². The topological polar surface area (TPSA) is 151 Å². The number of rotatable bonds is 11. The van der Waals surface area contributed by atoms with Crippen molar-refractivity contribution in [2.45, 2.75) is 39.3 Å². The van der Waals surface area contributed by atoms with Crippen LogP contribution in [0.15, 0.2) is 36.4 Å². The molecule has 12 nitrogen and oxygen atoms in total. The maximum atomic E-state index is 13.3. The Balaban J connectivity index is 1.78. The molecule has 1 saturated heterocycles. The van der Waals surface area contributed by atoms with Crippen molar-refractivity contribution in [3.63, 3.8) is 0 Å². The normalized spacial score (nSPS) is 14.1. The first-order valence-electron chi connectivity index (χ1n) is 12.6. The van der Waals surface area contributed by atoms with Gasteiger partial charge in [0, 0.05) is 44.8 Å². The zero-order chi connectivity index (χ0) is 27.5. The number of amides is 3. The number of benzene rings is 1. The zero-order valence-corrected chi connectivity index (χ0v) is 21.6. The second-order valence-electron chi connectivity index (χ2n) is 8.54. The van der Waals surface area contributed by atoms with Crippen LogP contribution in [0.4, 0.5) is 4.79 Å². The number of aliphatic carboxylic acids is 1. The van der Waals surface area contributed by atoms with E-state index in [1.54, 1.807) is 6.92 Å². The van der Waals surface area contributed by atoms with Crippen LogP contribution in [0.5, 0.6) is 0 Å². The van der Waals surface area contributed by atoms with E-state index < -0.39 is 29.9 Å². The maximum Gasteiger partial charge on any atom is 0.409 e. The average Bonchev–Trinajstić information content (AvgIpc) is 2.94. The van der Waals surface area contributed by atoms with Crippen LogP contribution < -0.4 is 5.32 Å². The van der Waals surface area contributed by atoms with E-state index in [1.165, 1.54) is 15.9 Å². The standard InChI is InChI=1S/C26H33N5O7/c1-3-37-17-19-16-21(28-23(27-19)18-8-6-5-7-9-18)24(34)29-20(10-11-22(32)33)25(35)30-12-14-31(15-13-30)26(36)38-4-2/h5-9,16,20H,3-4,10-15,17H2,1-2H3,(H,29,34)(H,32,33)/t20-/m0/s1. The molecule has 12 heteroatoms. The Morgan fingerprint density at radius 2 is 1.68 bits per heavy atom. The van der Waals surface area contributed by atoms with Gasteiger partial charge in [-0.1, -0.05) is 30.3 Å². The SMILES string of the molecule is CCOCc1cc(C(=O)N[C@@H](CCC(=O)O)C(=O)N2CCN(C(=O)OCC)CC2)nc(-c2ccccc2)n1. The van der Waals surface area contributed by atoms with Crippen molar-refractivity contribution >= 4 is 23.9 Å². The molecule has 2 heterocycles. The second-order valence-corrected chi connectivity index (χ2v) is 8.54. The summed E-state index contributed by atoms with van der Waals surface area (Å²) in [6.07, 6.45) is -0.856. The molecule has 1 atom stereocenters. The monoisotopic (exact) mass is 527 g/mol. The van der Waals surface area contributed by atoms with Gasteiger partial charge in [-0.3, -0.25) is 14.4 Å². The highest BCUT2D eigenvalue weighted by Gasteiger charge is 2.31. The smallest absolute Gasteiger partial charge is 0.409 e. The van der Waals surface area contributed by atoms with Gasteiger partial charge >= 0.3 is 12.1 Å². The lowest BCUT2D eigenvalue weighted by Gasteiger charge is -2.35. The first-order chi connectivity index (χ1) is 18.3. The number of piperazine rings is 1. The number of carbonyl (C=O) groups excluding carboxylic acids is 3. The molecule has 0 spiro atoms. The maximum absolute atomic E-state index is 13.3. The average molecular weight is 528 g/mol. The van der Waals surface area contributed by atoms with Gasteiger partial charge in [-0.15, -0.1) is 0 Å². The minimum atomic E-state index is -1.09. The highest BCUT2D eigenvalue weighted by atomic mass is 16.6. The molecule has 1 aromatic carbocycles. The van der Waals surface area contributed by atoms with E-state index in [0.717, 1.165) is 0 Å². The number of aromatic nitrogens is 2. The lowest BCUT2D eigenvalue weighted by atomic mass is 10.1. The summed E-state index contributed by atoms with van der Waals surface area (Å²) in [7, 11) is 0. The molecule has 0 saturated carbocycles. The number of hydrogen-bond donors (Lipinski definition) is 2. The van der Waals surface area contributed by atoms with Gasteiger partial charge in [0.05, 0.1) is 18.9 Å². The van der Waals surface area contributed by atoms with Crippen molar-refractivity contribution in [3.05, 3.63) is 47.8 Å². The molecule has 1 fully saturated rings. The predicted molar refractivity (Wildman–Crippen MR) is 136 cm³/mol. The summed E-state index contributed by atoms with van der Waals surface area (Å²) in [5.41, 5.74) is 1.24. The Morgan fingerprint density at radius 3 is 2.32 bits per heavy atom. The molecule has 0 bridgehead atoms. The molecule has 0 unspecified atom stereocenters. The van der Waals surface area contributed by atoms with Crippen molar-refractivity contribution in [1.82, 2.24) is 25.1 Å². The van der Waals surface area contributed by atoms with Crippen LogP contribution in [0, 0.1) is 0 Å². The van der Waals surface area contributed by atoms with E-state index in [2.05, 4.69) is 15.3 Å². The molecule has 1 aliphatic heterocycles. The molecule has 3 amide bonds. The quantitative estimate of drug-likeness (QED) is 0.447. The summed E-state index contributed by atoms with van der Waals surface area (Å²) < 4.78 is 10.5. The van der Waals surface area contributed by atoms with Gasteiger partial charge in [0.25, 0.3) is 5.91 Å². The molecule has 0 radical (unpaired) electrons. The first kappa shape index (κ1) is 28.5. The second kappa shape index (κ2) is 14.0. The highest BCUT2D eigenvalue weighted by molar-refractivity contribution is 5.96. The molecule has 38 heavy (non-hydrogen) atoms. The summed E-state index contributed by atoms with van der Waals surface area (Å²) in [5, 5.41) is 11.9. The highest BCUT2D eigenvalue weighted by Crippen LogP contribution is 2.17. The minimum absolute atomic E-state index is 0.0359. The molecule has 2 N–H and O–H groups in total. The molecular formula is C26H33N5O7. The van der Waals surface area contributed by atoms with Crippen LogP contribution in [-0.2, 0) is 25.7 Å². The number of carboxylic acid groups (broad SMARTS) is 1. The molecule has 1 aromatic heterocycles. The van der Waals surface area contributed by atoms with E-state index in [0.29, 0.717) is 23.7 Å². The predicted octanol–water partition coefficient (Wildman–Crippen LogP) is 1.94. The van der Waals surface area contributed by atoms with Gasteiger partial charge in [-0.25, -0.2) is 14.8 Å². The van der Waals surface area contributed by atoms with Crippen molar-refractivity contribution in [3.8, 4) is 11.4 Å². The summed E-state index contributed by atoms with van der Waals surface area (Å²) in [4.78, 5) is 61.7. The Morgan fingerprint density at radius 1 is 1.00 bits per heavy atom. The lowest BCUT2D eigenvalue weighted by Crippen LogP contribution is -2.56. The van der Waals surface area contributed by atoms with Crippen LogP contribution in [0.1, 0.15) is 42.9 Å². The summed E-state index contributed by atoms with van der Waals surface area (Å²) in [6.45, 7) is 5.47. The first-order valence-corrected chi connectivity index (χ1v) is 12.6. The summed E-state index contributed by atoms with van der Waals surface area (Å²) in [5.74, 6) is -1.81. The molecule has 2 aromatic rings. The van der Waals surface area contributed by atoms with E-state index in [9.17, 15) is 24.3 Å². The number of nitrogens with zero attached hydrogens (tertiary/aromatic N) is 4. The number of hydrogen-bond acceptors (Lipinski definition) is 8. The van der Waals surface area contributed by atoms with Crippen molar-refractivity contribution < 1.29 is 33.8 Å². The van der Waals surface area contributed by atoms with E-state index in [1.807, 2.05) is 37.3 Å². The number of carbonyl (C=O) groups is 4. The fraction of sp³-hybridized carbons (Fsp3) is 0.462. The third-order valence-corrected chi connectivity index (χ3v) is 5.87. The van der Waals surface area contributed by atoms with E-state index in [4.69, 9.17) is 9.47 Å². The third kappa shape index (κ3) is 7.97. The number of carboxylic acids is 1. The van der Waals surface area contributed by atoms with Gasteiger partial charge in [-0.05, 0) is 26.3 Å². The van der Waals surface area contributed by atoms with Crippen LogP contribution in [0.2, 0.25) is 0 Å². The van der Waals surface area contributed by atoms with Crippen molar-refractivity contribution in [2.75, 3.05) is 39.4 Å². The zero-order valence-electron chi connectivity index (χ0n) is 21.6. The van der Waals surface area contributed by atoms with Gasteiger partial charge in [0.1, 0.15) is 11.7 Å². The Kier molecular flexibility index (Phi) is 10.5. The van der Waals surface area contributed by atoms with E-state index >= 15 is 0 Å². The molecular weight excluding hydrogens is 494 g/mol. The van der Waals surface area contributed by atoms with Crippen LogP contribution >= 0.6 is 0 Å². The fourth-order valence-corrected chi connectivity index (χ4v) is 3.91. The largest absolute Gasteiger partial charge is 0.481 e. The van der Waals surface area contributed by atoms with Gasteiger partial charge in [-0.2, -0.15) is 0 Å². The fourth-order valence-electron chi connectivity index (χ4n) is 3.91. The molecule has 1 aliphatic rings. The Hall–Kier alpha value is -4.06. The lowest BCUT2D eigenvalue weighted by molar-refractivity contribution is -0.138. The summed E-state index contributed by atoms with van der Waals surface area (Å²) >= 11 is 0. The van der Waals surface area contributed by atoms with Crippen LogP contribution in [0.3, 0.4) is 0 Å². The minimum Gasteiger partial charge on any atom is -0.481 e. The number of ether oxygens (including phenoxy) is 2. The third-order valence-electron chi connectivity index (χ3n) is 5.87. The molecule has 0 aliphatic carbocycles. The van der Waals surface area contributed by atoms with Gasteiger partial charge in [0.2, 0.25) is 5.91 Å². The van der Waals surface area contributed by atoms with Crippen LogP contribution in [0.25, 0.3) is 11.4 Å². The summed E-state index contributed by atoms with van der Waals surface area (Å²) in [6, 6.07) is 9.55. The number of nitrogens with one attached hydrogen (secondary N) is 1. The van der Waals surface area contributed by atoms with Crippen LogP contribution in [-0.4, -0.2) is 94.2 Å². The Labute approximate surface area is 220 Å². The van der Waals surface area contributed by atoms with Crippen molar-refractivity contribution in [2.24, 2.45) is 0 Å². The van der Waals surface area contributed by atoms with Crippen molar-refractivity contribution in [1.29, 1.82) is 0 Å². The van der Waals surface area contributed by atoms with Gasteiger partial charge in [0.15, 0.2) is 5.82 Å². The molecule has 204 valence electrons. The van der Waals surface area contributed by atoms with Gasteiger partial charge < -0.3 is 29.7 Å². The molecule has 3 rings (SSSR count). The Bertz CT molecular complexity index is 1120.